The van der Waals surface area contributed by atoms with E-state index in [-0.39, 0.29) is 0 Å². The maximum absolute atomic E-state index is 11.6. The van der Waals surface area contributed by atoms with Crippen LogP contribution in [0.3, 0.4) is 0 Å². The van der Waals surface area contributed by atoms with Gasteiger partial charge in [0.2, 0.25) is 0 Å². The number of hydrogen-bond donors (Lipinski definition) is 4. The molecule has 4 N–H and O–H groups in total. The molecule has 0 radical (unpaired) electrons. The highest BCUT2D eigenvalue weighted by molar-refractivity contribution is 4.94. The summed E-state index contributed by atoms with van der Waals surface area (Å²) in [6.07, 6.45) is -5.09. The van der Waals surface area contributed by atoms with Crippen molar-refractivity contribution in [3.05, 3.63) is 33.1 Å². The molecule has 0 aromatic carbocycles. The molecule has 0 amide bonds. The number of rotatable bonds is 2. The lowest BCUT2D eigenvalue weighted by atomic mass is 10.1. The van der Waals surface area contributed by atoms with E-state index in [1.165, 1.54) is 13.1 Å². The summed E-state index contributed by atoms with van der Waals surface area (Å²) >= 11 is 0. The highest BCUT2D eigenvalue weighted by Gasteiger charge is 2.46. The molecule has 0 bridgehead atoms. The van der Waals surface area contributed by atoms with Crippen molar-refractivity contribution in [3.63, 3.8) is 0 Å². The molecule has 18 heavy (non-hydrogen) atoms. The molecule has 1 fully saturated rings. The van der Waals surface area contributed by atoms with Gasteiger partial charge in [-0.05, 0) is 6.92 Å². The Morgan fingerprint density at radius 1 is 1.39 bits per heavy atom. The number of aliphatic hydroxyl groups excluding tert-OH is 3. The maximum Gasteiger partial charge on any atom is 0.330 e. The van der Waals surface area contributed by atoms with Gasteiger partial charge in [0.1, 0.15) is 18.3 Å². The molecule has 0 spiro atoms. The molecule has 1 aliphatic rings. The molecule has 100 valence electrons. The van der Waals surface area contributed by atoms with Gasteiger partial charge in [0.25, 0.3) is 5.56 Å². The van der Waals surface area contributed by atoms with Crippen molar-refractivity contribution in [2.24, 2.45) is 0 Å². The minimum atomic E-state index is -1.47. The highest BCUT2D eigenvalue weighted by atomic mass is 16.6. The van der Waals surface area contributed by atoms with Crippen molar-refractivity contribution in [3.8, 4) is 0 Å². The van der Waals surface area contributed by atoms with Crippen LogP contribution in [-0.4, -0.2) is 49.3 Å². The van der Waals surface area contributed by atoms with Gasteiger partial charge in [-0.15, -0.1) is 0 Å². The lowest BCUT2D eigenvalue weighted by Gasteiger charge is -2.17. The number of ether oxygens (including phenoxy) is 1. The lowest BCUT2D eigenvalue weighted by molar-refractivity contribution is -0.0814. The van der Waals surface area contributed by atoms with Crippen LogP contribution in [0.15, 0.2) is 21.9 Å². The molecule has 5 atom stereocenters. The number of aromatic nitrogens is 2. The first-order chi connectivity index (χ1) is 8.43. The summed E-state index contributed by atoms with van der Waals surface area (Å²) in [5.74, 6) is 0. The maximum atomic E-state index is 11.6. The Morgan fingerprint density at radius 2 is 2.06 bits per heavy atom. The van der Waals surface area contributed by atoms with Gasteiger partial charge in [-0.2, -0.15) is 0 Å². The molecular weight excluding hydrogens is 244 g/mol. The number of nitrogens with one attached hydrogen (secondary N) is 1. The van der Waals surface area contributed by atoms with Gasteiger partial charge in [-0.3, -0.25) is 4.79 Å². The van der Waals surface area contributed by atoms with Crippen LogP contribution in [0.4, 0.5) is 0 Å². The van der Waals surface area contributed by atoms with E-state index in [9.17, 15) is 24.9 Å². The van der Waals surface area contributed by atoms with Crippen LogP contribution in [0.25, 0.3) is 0 Å². The normalized spacial score (nSPS) is 33.6. The van der Waals surface area contributed by atoms with Gasteiger partial charge in [0.05, 0.1) is 6.10 Å². The van der Waals surface area contributed by atoms with Crippen LogP contribution in [0.5, 0.6) is 0 Å². The fraction of sp³-hybridized carbons (Fsp3) is 0.600. The molecule has 1 aromatic rings. The molecule has 1 saturated heterocycles. The molecular formula is C10H14N2O6. The summed E-state index contributed by atoms with van der Waals surface area (Å²) in [5, 5.41) is 28.8. The van der Waals surface area contributed by atoms with E-state index in [2.05, 4.69) is 4.98 Å². The van der Waals surface area contributed by atoms with Crippen LogP contribution >= 0.6 is 0 Å². The zero-order valence-electron chi connectivity index (χ0n) is 9.56. The van der Waals surface area contributed by atoms with Gasteiger partial charge in [0, 0.05) is 12.3 Å². The molecule has 2 rings (SSSR count). The third-order valence-electron chi connectivity index (χ3n) is 2.89. The minimum Gasteiger partial charge on any atom is -0.391 e. The average Bonchev–Trinajstić information content (AvgIpc) is 2.57. The van der Waals surface area contributed by atoms with Gasteiger partial charge in [-0.1, -0.05) is 0 Å². The molecule has 0 saturated carbocycles. The van der Waals surface area contributed by atoms with Gasteiger partial charge in [0.15, 0.2) is 6.23 Å². The Balaban J connectivity index is 2.41. The second-order valence-electron chi connectivity index (χ2n) is 4.20. The zero-order valence-corrected chi connectivity index (χ0v) is 9.56. The summed E-state index contributed by atoms with van der Waals surface area (Å²) in [6, 6.07) is 1.10. The summed E-state index contributed by atoms with van der Waals surface area (Å²) in [6.45, 7) is 1.38. The van der Waals surface area contributed by atoms with Gasteiger partial charge in [-0.25, -0.2) is 9.36 Å². The second kappa shape index (κ2) is 4.65. The minimum absolute atomic E-state index is 0.663. The number of nitrogens with zero attached hydrogens (tertiary/aromatic N) is 1. The topological polar surface area (TPSA) is 125 Å². The van der Waals surface area contributed by atoms with Crippen molar-refractivity contribution in [2.45, 2.75) is 37.6 Å². The predicted octanol–water partition coefficient (Wildman–Crippen LogP) is -2.46. The summed E-state index contributed by atoms with van der Waals surface area (Å²) in [7, 11) is 0. The predicted molar refractivity (Wildman–Crippen MR) is 58.9 cm³/mol. The standard InChI is InChI=1S/C10H14N2O6/c1-4(13)8-6(15)7(16)9(18-8)12-5(14)2-3-11-10(12)17/h2-4,6-9,13,15-16H,1H3,(H,11,17)/t4-,6+,7+,8-,9+/m1/s1. The van der Waals surface area contributed by atoms with E-state index in [1.54, 1.807) is 0 Å². The Kier molecular flexibility index (Phi) is 3.35. The Hall–Kier alpha value is -1.48. The number of aliphatic hydroxyl groups is 3. The third kappa shape index (κ3) is 1.99. The molecule has 2 heterocycles. The molecule has 0 unspecified atom stereocenters. The largest absolute Gasteiger partial charge is 0.391 e. The Bertz CT molecular complexity index is 507. The lowest BCUT2D eigenvalue weighted by Crippen LogP contribution is -2.42. The summed E-state index contributed by atoms with van der Waals surface area (Å²) < 4.78 is 5.85. The van der Waals surface area contributed by atoms with Crippen molar-refractivity contribution in [2.75, 3.05) is 0 Å². The number of aromatic amines is 1. The van der Waals surface area contributed by atoms with Crippen molar-refractivity contribution in [1.82, 2.24) is 9.55 Å². The summed E-state index contributed by atoms with van der Waals surface area (Å²) in [4.78, 5) is 25.4. The van der Waals surface area contributed by atoms with E-state index in [4.69, 9.17) is 4.74 Å². The van der Waals surface area contributed by atoms with Crippen LogP contribution in [-0.2, 0) is 4.74 Å². The number of hydrogen-bond acceptors (Lipinski definition) is 6. The van der Waals surface area contributed by atoms with Crippen LogP contribution in [0.2, 0.25) is 0 Å². The van der Waals surface area contributed by atoms with Crippen LogP contribution in [0, 0.1) is 0 Å². The molecule has 8 nitrogen and oxygen atoms in total. The highest BCUT2D eigenvalue weighted by Crippen LogP contribution is 2.29. The van der Waals surface area contributed by atoms with Crippen molar-refractivity contribution in [1.29, 1.82) is 0 Å². The Morgan fingerprint density at radius 3 is 2.56 bits per heavy atom. The van der Waals surface area contributed by atoms with Crippen molar-refractivity contribution >= 4 is 0 Å². The second-order valence-corrected chi connectivity index (χ2v) is 4.20. The Labute approximate surface area is 101 Å². The SMILES string of the molecule is C[C@@H](O)[C@H]1O[C@H](n2c(=O)cc[nH]c2=O)[C@@H](O)[C@@H]1O. The first-order valence-electron chi connectivity index (χ1n) is 5.43. The molecule has 1 aliphatic heterocycles. The summed E-state index contributed by atoms with van der Waals surface area (Å²) in [5.41, 5.74) is -1.42. The van der Waals surface area contributed by atoms with E-state index in [0.717, 1.165) is 6.07 Å². The van der Waals surface area contributed by atoms with Gasteiger partial charge >= 0.3 is 5.69 Å². The van der Waals surface area contributed by atoms with Crippen LogP contribution < -0.4 is 11.2 Å². The first kappa shape index (κ1) is 13.0. The molecule has 8 heteroatoms. The fourth-order valence-electron chi connectivity index (χ4n) is 1.97. The van der Waals surface area contributed by atoms with E-state index in [1.807, 2.05) is 0 Å². The van der Waals surface area contributed by atoms with E-state index < -0.39 is 41.9 Å². The van der Waals surface area contributed by atoms with Crippen molar-refractivity contribution < 1.29 is 20.1 Å². The first-order valence-corrected chi connectivity index (χ1v) is 5.43. The number of H-pyrrole nitrogens is 1. The quantitative estimate of drug-likeness (QED) is 0.466. The van der Waals surface area contributed by atoms with Crippen LogP contribution in [0.1, 0.15) is 13.2 Å². The van der Waals surface area contributed by atoms with E-state index >= 15 is 0 Å². The zero-order chi connectivity index (χ0) is 13.4. The fourth-order valence-corrected chi connectivity index (χ4v) is 1.97. The van der Waals surface area contributed by atoms with Gasteiger partial charge < -0.3 is 25.0 Å². The monoisotopic (exact) mass is 258 g/mol. The smallest absolute Gasteiger partial charge is 0.330 e. The van der Waals surface area contributed by atoms with E-state index in [0.29, 0.717) is 4.57 Å². The molecule has 0 aliphatic carbocycles. The third-order valence-corrected chi connectivity index (χ3v) is 2.89. The average molecular weight is 258 g/mol. The molecule has 1 aromatic heterocycles.